The normalized spacial score (nSPS) is 16.0. The summed E-state index contributed by atoms with van der Waals surface area (Å²) in [7, 11) is 1.60. The van der Waals surface area contributed by atoms with Crippen molar-refractivity contribution in [1.82, 2.24) is 9.88 Å². The smallest absolute Gasteiger partial charge is 0.256 e. The zero-order chi connectivity index (χ0) is 17.3. The summed E-state index contributed by atoms with van der Waals surface area (Å²) in [5, 5.41) is 3.39. The van der Waals surface area contributed by atoms with Crippen LogP contribution in [0.15, 0.2) is 23.1 Å². The molecule has 24 heavy (non-hydrogen) atoms. The van der Waals surface area contributed by atoms with E-state index in [4.69, 9.17) is 21.1 Å². The third kappa shape index (κ3) is 2.99. The highest BCUT2D eigenvalue weighted by molar-refractivity contribution is 6.35. The third-order valence-corrected chi connectivity index (χ3v) is 4.29. The number of aromatic nitrogens is 1. The number of rotatable bonds is 5. The lowest BCUT2D eigenvalue weighted by Crippen LogP contribution is -2.33. The number of nitrogens with one attached hydrogen (secondary N) is 1. The average molecular weight is 351 g/mol. The Labute approximate surface area is 144 Å². The number of hydrogen-bond acceptors (Lipinski definition) is 4. The number of halogens is 1. The Hall–Kier alpha value is -2.05. The van der Waals surface area contributed by atoms with Gasteiger partial charge in [0.15, 0.2) is 0 Å². The van der Waals surface area contributed by atoms with Crippen LogP contribution in [0, 0.1) is 0 Å². The van der Waals surface area contributed by atoms with Crippen molar-refractivity contribution in [2.45, 2.75) is 26.0 Å². The van der Waals surface area contributed by atoms with E-state index in [0.717, 1.165) is 0 Å². The number of amides is 1. The molecule has 128 valence electrons. The molecule has 0 bridgehead atoms. The third-order valence-electron chi connectivity index (χ3n) is 3.97. The SMILES string of the molecule is COCCCNC(=O)c1cn2c3c(ccc(Cl)c3c1=O)O[C@@H](C)C2. The van der Waals surface area contributed by atoms with Gasteiger partial charge in [-0.2, -0.15) is 0 Å². The molecule has 0 radical (unpaired) electrons. The number of nitrogens with zero attached hydrogens (tertiary/aromatic N) is 1. The first-order valence-corrected chi connectivity index (χ1v) is 8.20. The van der Waals surface area contributed by atoms with Crippen LogP contribution in [0.25, 0.3) is 10.9 Å². The van der Waals surface area contributed by atoms with Crippen LogP contribution >= 0.6 is 11.6 Å². The monoisotopic (exact) mass is 350 g/mol. The molecule has 1 atom stereocenters. The first-order valence-electron chi connectivity index (χ1n) is 7.82. The quantitative estimate of drug-likeness (QED) is 0.839. The first kappa shape index (κ1) is 16.8. The van der Waals surface area contributed by atoms with Crippen LogP contribution in [0.3, 0.4) is 0 Å². The summed E-state index contributed by atoms with van der Waals surface area (Å²) >= 11 is 6.23. The molecule has 1 aromatic carbocycles. The Morgan fingerprint density at radius 3 is 3.04 bits per heavy atom. The fourth-order valence-electron chi connectivity index (χ4n) is 2.91. The van der Waals surface area contributed by atoms with Gasteiger partial charge in [-0.05, 0) is 25.5 Å². The maximum atomic E-state index is 12.8. The summed E-state index contributed by atoms with van der Waals surface area (Å²) in [5.74, 6) is 0.208. The number of carbonyl (C=O) groups is 1. The van der Waals surface area contributed by atoms with E-state index in [1.807, 2.05) is 11.5 Å². The molecule has 7 heteroatoms. The predicted octanol–water partition coefficient (Wildman–Crippen LogP) is 2.20. The summed E-state index contributed by atoms with van der Waals surface area (Å²) in [6.07, 6.45) is 2.22. The van der Waals surface area contributed by atoms with Gasteiger partial charge < -0.3 is 19.4 Å². The van der Waals surface area contributed by atoms with Crippen molar-refractivity contribution in [1.29, 1.82) is 0 Å². The summed E-state index contributed by atoms with van der Waals surface area (Å²) in [5.41, 5.74) is 0.352. The molecule has 2 aromatic rings. The topological polar surface area (TPSA) is 69.6 Å². The standard InChI is InChI=1S/C17H19ClN2O4/c1-10-8-20-9-11(17(22)19-6-3-7-23-2)16(21)14-12(18)4-5-13(24-10)15(14)20/h4-5,9-10H,3,6-8H2,1-2H3,(H,19,22)/t10-/m0/s1. The van der Waals surface area contributed by atoms with Crippen molar-refractivity contribution >= 4 is 28.4 Å². The van der Waals surface area contributed by atoms with Gasteiger partial charge in [-0.1, -0.05) is 11.6 Å². The average Bonchev–Trinajstić information content (AvgIpc) is 2.55. The Morgan fingerprint density at radius 2 is 2.29 bits per heavy atom. The molecule has 0 fully saturated rings. The Morgan fingerprint density at radius 1 is 1.50 bits per heavy atom. The lowest BCUT2D eigenvalue weighted by molar-refractivity contribution is 0.0946. The molecule has 2 heterocycles. The lowest BCUT2D eigenvalue weighted by atomic mass is 10.1. The number of pyridine rings is 1. The van der Waals surface area contributed by atoms with Crippen LogP contribution in [0.4, 0.5) is 0 Å². The molecule has 1 aliphatic heterocycles. The van der Waals surface area contributed by atoms with E-state index in [1.165, 1.54) is 0 Å². The Balaban J connectivity index is 2.05. The molecule has 6 nitrogen and oxygen atoms in total. The second-order valence-corrected chi connectivity index (χ2v) is 6.23. The van der Waals surface area contributed by atoms with E-state index >= 15 is 0 Å². The minimum absolute atomic E-state index is 0.0537. The van der Waals surface area contributed by atoms with Crippen LogP contribution < -0.4 is 15.5 Å². The van der Waals surface area contributed by atoms with Crippen molar-refractivity contribution in [3.05, 3.63) is 39.1 Å². The van der Waals surface area contributed by atoms with E-state index in [2.05, 4.69) is 5.32 Å². The van der Waals surface area contributed by atoms with Gasteiger partial charge in [0, 0.05) is 26.5 Å². The van der Waals surface area contributed by atoms with E-state index in [0.29, 0.717) is 47.8 Å². The van der Waals surface area contributed by atoms with Crippen LogP contribution in [0.2, 0.25) is 5.02 Å². The van der Waals surface area contributed by atoms with Crippen molar-refractivity contribution in [2.24, 2.45) is 0 Å². The number of carbonyl (C=O) groups excluding carboxylic acids is 1. The molecule has 1 amide bonds. The van der Waals surface area contributed by atoms with Gasteiger partial charge in [-0.25, -0.2) is 0 Å². The number of benzene rings is 1. The lowest BCUT2D eigenvalue weighted by Gasteiger charge is -2.26. The van der Waals surface area contributed by atoms with Crippen LogP contribution in [0.1, 0.15) is 23.7 Å². The van der Waals surface area contributed by atoms with Crippen LogP contribution in [-0.2, 0) is 11.3 Å². The molecular weight excluding hydrogens is 332 g/mol. The predicted molar refractivity (Wildman–Crippen MR) is 92.1 cm³/mol. The summed E-state index contributed by atoms with van der Waals surface area (Å²) in [6, 6.07) is 3.38. The summed E-state index contributed by atoms with van der Waals surface area (Å²) in [6.45, 7) is 3.48. The van der Waals surface area contributed by atoms with Gasteiger partial charge in [-0.15, -0.1) is 0 Å². The fraction of sp³-hybridized carbons (Fsp3) is 0.412. The number of methoxy groups -OCH3 is 1. The van der Waals surface area contributed by atoms with Crippen molar-refractivity contribution in [3.63, 3.8) is 0 Å². The van der Waals surface area contributed by atoms with Crippen molar-refractivity contribution in [2.75, 3.05) is 20.3 Å². The molecule has 0 spiro atoms. The second kappa shape index (κ2) is 6.83. The van der Waals surface area contributed by atoms with E-state index in [1.54, 1.807) is 25.4 Å². The van der Waals surface area contributed by atoms with E-state index in [9.17, 15) is 9.59 Å². The molecule has 1 aliphatic rings. The van der Waals surface area contributed by atoms with E-state index in [-0.39, 0.29) is 17.1 Å². The molecule has 1 N–H and O–H groups in total. The second-order valence-electron chi connectivity index (χ2n) is 5.82. The van der Waals surface area contributed by atoms with E-state index < -0.39 is 5.91 Å². The minimum Gasteiger partial charge on any atom is -0.487 e. The largest absolute Gasteiger partial charge is 0.487 e. The molecule has 0 saturated heterocycles. The van der Waals surface area contributed by atoms with Gasteiger partial charge in [0.05, 0.1) is 22.5 Å². The zero-order valence-electron chi connectivity index (χ0n) is 13.6. The Bertz CT molecular complexity index is 847. The highest BCUT2D eigenvalue weighted by Gasteiger charge is 2.24. The van der Waals surface area contributed by atoms with Crippen molar-refractivity contribution < 1.29 is 14.3 Å². The van der Waals surface area contributed by atoms with Gasteiger partial charge in [-0.3, -0.25) is 9.59 Å². The molecule has 0 saturated carbocycles. The van der Waals surface area contributed by atoms with Crippen LogP contribution in [0.5, 0.6) is 5.75 Å². The first-order chi connectivity index (χ1) is 11.5. The van der Waals surface area contributed by atoms with Crippen molar-refractivity contribution in [3.8, 4) is 5.75 Å². The molecule has 1 aromatic heterocycles. The highest BCUT2D eigenvalue weighted by Crippen LogP contribution is 2.33. The number of ether oxygens (including phenoxy) is 2. The zero-order valence-corrected chi connectivity index (χ0v) is 14.4. The summed E-state index contributed by atoms with van der Waals surface area (Å²) in [4.78, 5) is 25.2. The highest BCUT2D eigenvalue weighted by atomic mass is 35.5. The minimum atomic E-state index is -0.401. The maximum absolute atomic E-state index is 12.8. The fourth-order valence-corrected chi connectivity index (χ4v) is 3.15. The molecular formula is C17H19ClN2O4. The van der Waals surface area contributed by atoms with Gasteiger partial charge in [0.25, 0.3) is 5.91 Å². The number of hydrogen-bond donors (Lipinski definition) is 1. The van der Waals surface area contributed by atoms with Gasteiger partial charge in [0.1, 0.15) is 17.4 Å². The molecule has 3 rings (SSSR count). The molecule has 0 unspecified atom stereocenters. The van der Waals surface area contributed by atoms with Gasteiger partial charge in [0.2, 0.25) is 5.43 Å². The van der Waals surface area contributed by atoms with Gasteiger partial charge >= 0.3 is 0 Å². The van der Waals surface area contributed by atoms with Crippen LogP contribution in [-0.4, -0.2) is 36.8 Å². The maximum Gasteiger partial charge on any atom is 0.256 e. The Kier molecular flexibility index (Phi) is 4.78. The molecule has 0 aliphatic carbocycles. The summed E-state index contributed by atoms with van der Waals surface area (Å²) < 4.78 is 12.6.